The molecule has 9 aromatic rings. The third-order valence-corrected chi connectivity index (χ3v) is 10.1. The standard InChI is InChI=1S/C50H33N5/c1-32-19-21-47-43(23-32)44-24-33(2)20-22-48(44)55(47)49-41(38-17-9-11-34(25-38)30-51)27-40(28-42(49)39-18-10-12-35(26-39)31-52)46-29-45(36-13-5-3-6-14-36)53-50(54-46)37-15-7-4-8-16-37/h3-29H,1-2H3. The quantitative estimate of drug-likeness (QED) is 0.173. The molecular formula is C50H33N5. The maximum Gasteiger partial charge on any atom is 0.160 e. The Morgan fingerprint density at radius 2 is 0.909 bits per heavy atom. The van der Waals surface area contributed by atoms with E-state index >= 15 is 0 Å². The van der Waals surface area contributed by atoms with Crippen LogP contribution in [0.5, 0.6) is 0 Å². The lowest BCUT2D eigenvalue weighted by Crippen LogP contribution is -2.03. The molecule has 5 nitrogen and oxygen atoms in total. The summed E-state index contributed by atoms with van der Waals surface area (Å²) in [7, 11) is 0. The van der Waals surface area contributed by atoms with Gasteiger partial charge in [0, 0.05) is 38.6 Å². The van der Waals surface area contributed by atoms with Gasteiger partial charge in [0.05, 0.1) is 51.4 Å². The Hall–Kier alpha value is -7.60. The van der Waals surface area contributed by atoms with E-state index in [1.807, 2.05) is 91.0 Å². The SMILES string of the molecule is Cc1ccc2c(c1)c1cc(C)ccc1n2-c1c(-c2cccc(C#N)c2)cc(-c2cc(-c3ccccc3)nc(-c3ccccc3)n2)cc1-c1cccc(C#N)c1. The summed E-state index contributed by atoms with van der Waals surface area (Å²) < 4.78 is 2.35. The first kappa shape index (κ1) is 33.3. The number of nitriles is 2. The van der Waals surface area contributed by atoms with Gasteiger partial charge in [0.1, 0.15) is 0 Å². The Kier molecular flexibility index (Phi) is 8.31. The van der Waals surface area contributed by atoms with Gasteiger partial charge in [-0.25, -0.2) is 9.97 Å². The molecule has 9 rings (SSSR count). The lowest BCUT2D eigenvalue weighted by Gasteiger charge is -2.21. The number of hydrogen-bond acceptors (Lipinski definition) is 4. The van der Waals surface area contributed by atoms with Crippen molar-refractivity contribution in [3.63, 3.8) is 0 Å². The van der Waals surface area contributed by atoms with Gasteiger partial charge in [-0.1, -0.05) is 108 Å². The number of benzene rings is 7. The first-order valence-electron chi connectivity index (χ1n) is 18.2. The average Bonchev–Trinajstić information content (AvgIpc) is 3.55. The average molecular weight is 704 g/mol. The van der Waals surface area contributed by atoms with Gasteiger partial charge in [0.2, 0.25) is 0 Å². The van der Waals surface area contributed by atoms with Gasteiger partial charge in [-0.15, -0.1) is 0 Å². The summed E-state index contributed by atoms with van der Waals surface area (Å²) in [6.07, 6.45) is 0. The van der Waals surface area contributed by atoms with Crippen LogP contribution in [0.25, 0.3) is 83.6 Å². The molecule has 0 saturated carbocycles. The molecule has 0 atom stereocenters. The maximum atomic E-state index is 10.1. The van der Waals surface area contributed by atoms with Crippen molar-refractivity contribution < 1.29 is 0 Å². The molecule has 0 bridgehead atoms. The molecule has 0 fully saturated rings. The van der Waals surface area contributed by atoms with Crippen molar-refractivity contribution in [3.05, 3.63) is 186 Å². The summed E-state index contributed by atoms with van der Waals surface area (Å²) in [4.78, 5) is 10.3. The van der Waals surface area contributed by atoms with Crippen molar-refractivity contribution in [2.75, 3.05) is 0 Å². The first-order valence-corrected chi connectivity index (χ1v) is 18.2. The van der Waals surface area contributed by atoms with Gasteiger partial charge in [-0.2, -0.15) is 10.5 Å². The topological polar surface area (TPSA) is 78.3 Å². The van der Waals surface area contributed by atoms with Crippen molar-refractivity contribution in [2.24, 2.45) is 0 Å². The van der Waals surface area contributed by atoms with E-state index in [-0.39, 0.29) is 0 Å². The molecule has 0 unspecified atom stereocenters. The van der Waals surface area contributed by atoms with Crippen LogP contribution in [-0.2, 0) is 0 Å². The van der Waals surface area contributed by atoms with Crippen molar-refractivity contribution in [2.45, 2.75) is 13.8 Å². The van der Waals surface area contributed by atoms with E-state index in [4.69, 9.17) is 9.97 Å². The molecule has 258 valence electrons. The maximum absolute atomic E-state index is 10.1. The Morgan fingerprint density at radius 1 is 0.436 bits per heavy atom. The van der Waals surface area contributed by atoms with Gasteiger partial charge < -0.3 is 4.57 Å². The lowest BCUT2D eigenvalue weighted by molar-refractivity contribution is 1.17. The molecule has 0 amide bonds. The molecule has 5 heteroatoms. The predicted molar refractivity (Wildman–Crippen MR) is 222 cm³/mol. The van der Waals surface area contributed by atoms with Crippen LogP contribution in [0.4, 0.5) is 0 Å². The summed E-state index contributed by atoms with van der Waals surface area (Å²) in [6, 6.07) is 60.1. The number of fused-ring (bicyclic) bond motifs is 3. The van der Waals surface area contributed by atoms with Crippen LogP contribution >= 0.6 is 0 Å². The van der Waals surface area contributed by atoms with Crippen LogP contribution in [0.1, 0.15) is 22.3 Å². The van der Waals surface area contributed by atoms with Crippen LogP contribution in [0.15, 0.2) is 164 Å². The predicted octanol–water partition coefficient (Wildman–Crippen LogP) is 12.3. The van der Waals surface area contributed by atoms with Gasteiger partial charge >= 0.3 is 0 Å². The van der Waals surface area contributed by atoms with Crippen molar-refractivity contribution in [1.82, 2.24) is 14.5 Å². The Labute approximate surface area is 319 Å². The van der Waals surface area contributed by atoms with Crippen molar-refractivity contribution >= 4 is 21.8 Å². The van der Waals surface area contributed by atoms with Crippen LogP contribution in [0, 0.1) is 36.5 Å². The third kappa shape index (κ3) is 6.11. The third-order valence-electron chi connectivity index (χ3n) is 10.1. The molecule has 0 aliphatic rings. The molecule has 0 aliphatic carbocycles. The van der Waals surface area contributed by atoms with E-state index in [1.165, 1.54) is 11.1 Å². The molecule has 0 N–H and O–H groups in total. The number of hydrogen-bond donors (Lipinski definition) is 0. The van der Waals surface area contributed by atoms with Crippen LogP contribution < -0.4 is 0 Å². The minimum atomic E-state index is 0.565. The molecule has 0 spiro atoms. The van der Waals surface area contributed by atoms with Gasteiger partial charge in [0.25, 0.3) is 0 Å². The molecule has 55 heavy (non-hydrogen) atoms. The van der Waals surface area contributed by atoms with E-state index in [1.54, 1.807) is 0 Å². The minimum absolute atomic E-state index is 0.565. The molecule has 7 aromatic carbocycles. The van der Waals surface area contributed by atoms with E-state index in [0.717, 1.165) is 77.8 Å². The van der Waals surface area contributed by atoms with Crippen LogP contribution in [-0.4, -0.2) is 14.5 Å². The molecular weight excluding hydrogens is 671 g/mol. The van der Waals surface area contributed by atoms with Crippen LogP contribution in [0.3, 0.4) is 0 Å². The molecule has 0 saturated heterocycles. The van der Waals surface area contributed by atoms with Crippen LogP contribution in [0.2, 0.25) is 0 Å². The number of aryl methyl sites for hydroxylation is 2. The smallest absolute Gasteiger partial charge is 0.160 e. The van der Waals surface area contributed by atoms with E-state index in [0.29, 0.717) is 17.0 Å². The van der Waals surface area contributed by atoms with Crippen molar-refractivity contribution in [3.8, 4) is 74.0 Å². The highest BCUT2D eigenvalue weighted by atomic mass is 15.0. The fourth-order valence-electron chi connectivity index (χ4n) is 7.54. The minimum Gasteiger partial charge on any atom is -0.308 e. The highest BCUT2D eigenvalue weighted by Gasteiger charge is 2.23. The molecule has 2 aromatic heterocycles. The van der Waals surface area contributed by atoms with E-state index < -0.39 is 0 Å². The first-order chi connectivity index (χ1) is 27.0. The highest BCUT2D eigenvalue weighted by molar-refractivity contribution is 6.11. The van der Waals surface area contributed by atoms with Crippen molar-refractivity contribution in [1.29, 1.82) is 10.5 Å². The fourth-order valence-corrected chi connectivity index (χ4v) is 7.54. The van der Waals surface area contributed by atoms with Gasteiger partial charge in [-0.05, 0) is 91.7 Å². The second-order valence-corrected chi connectivity index (χ2v) is 13.9. The lowest BCUT2D eigenvalue weighted by atomic mass is 9.90. The van der Waals surface area contributed by atoms with E-state index in [9.17, 15) is 10.5 Å². The Bertz CT molecular complexity index is 2820. The van der Waals surface area contributed by atoms with E-state index in [2.05, 4.69) is 103 Å². The monoisotopic (exact) mass is 703 g/mol. The second kappa shape index (κ2) is 13.7. The summed E-state index contributed by atoms with van der Waals surface area (Å²) in [6.45, 7) is 4.25. The molecule has 0 radical (unpaired) electrons. The second-order valence-electron chi connectivity index (χ2n) is 13.9. The summed E-state index contributed by atoms with van der Waals surface area (Å²) >= 11 is 0. The number of rotatable bonds is 6. The Balaban J connectivity index is 1.44. The summed E-state index contributed by atoms with van der Waals surface area (Å²) in [5, 5.41) is 22.5. The highest BCUT2D eigenvalue weighted by Crippen LogP contribution is 2.44. The zero-order valence-electron chi connectivity index (χ0n) is 30.3. The molecule has 2 heterocycles. The largest absolute Gasteiger partial charge is 0.308 e. The summed E-state index contributed by atoms with van der Waals surface area (Å²) in [5.41, 5.74) is 14.5. The number of nitrogens with zero attached hydrogens (tertiary/aromatic N) is 5. The van der Waals surface area contributed by atoms with Gasteiger partial charge in [-0.3, -0.25) is 0 Å². The number of aromatic nitrogens is 3. The normalized spacial score (nSPS) is 11.1. The molecule has 0 aliphatic heterocycles. The van der Waals surface area contributed by atoms with Gasteiger partial charge in [0.15, 0.2) is 5.82 Å². The Morgan fingerprint density at radius 3 is 1.42 bits per heavy atom. The zero-order valence-corrected chi connectivity index (χ0v) is 30.3. The zero-order chi connectivity index (χ0) is 37.5. The summed E-state index contributed by atoms with van der Waals surface area (Å²) in [5.74, 6) is 0.621. The fraction of sp³-hybridized carbons (Fsp3) is 0.0400.